The van der Waals surface area contributed by atoms with Crippen molar-refractivity contribution in [3.8, 4) is 11.5 Å². The first-order valence-electron chi connectivity index (χ1n) is 9.33. The SMILES string of the molecule is CCOc1ccc(CCCNC(=O)[C@H](C)Oc2cc(C)c(Cl)c(C)c2)cc1. The fraction of sp³-hybridized carbons (Fsp3) is 0.409. The Morgan fingerprint density at radius 2 is 1.74 bits per heavy atom. The number of carbonyl (C=O) groups is 1. The minimum atomic E-state index is -0.560. The fourth-order valence-electron chi connectivity index (χ4n) is 2.80. The molecule has 4 nitrogen and oxygen atoms in total. The van der Waals surface area contributed by atoms with Gasteiger partial charge in [0.1, 0.15) is 11.5 Å². The third-order valence-electron chi connectivity index (χ3n) is 4.27. The molecule has 0 saturated heterocycles. The van der Waals surface area contributed by atoms with Crippen LogP contribution in [0.3, 0.4) is 0 Å². The van der Waals surface area contributed by atoms with Crippen LogP contribution in [0.4, 0.5) is 0 Å². The van der Waals surface area contributed by atoms with Gasteiger partial charge >= 0.3 is 0 Å². The van der Waals surface area contributed by atoms with E-state index in [1.165, 1.54) is 5.56 Å². The van der Waals surface area contributed by atoms with Gasteiger partial charge in [-0.3, -0.25) is 4.79 Å². The van der Waals surface area contributed by atoms with Gasteiger partial charge in [0.05, 0.1) is 6.61 Å². The number of aryl methyl sites for hydroxylation is 3. The van der Waals surface area contributed by atoms with Crippen LogP contribution in [0.1, 0.15) is 37.0 Å². The van der Waals surface area contributed by atoms with Gasteiger partial charge in [0.15, 0.2) is 6.10 Å². The number of hydrogen-bond donors (Lipinski definition) is 1. The zero-order chi connectivity index (χ0) is 19.8. The predicted molar refractivity (Wildman–Crippen MR) is 110 cm³/mol. The van der Waals surface area contributed by atoms with Crippen LogP contribution in [0.5, 0.6) is 11.5 Å². The summed E-state index contributed by atoms with van der Waals surface area (Å²) in [4.78, 5) is 12.2. The minimum absolute atomic E-state index is 0.119. The van der Waals surface area contributed by atoms with E-state index in [-0.39, 0.29) is 5.91 Å². The van der Waals surface area contributed by atoms with Crippen LogP contribution in [0.2, 0.25) is 5.02 Å². The van der Waals surface area contributed by atoms with E-state index in [1.807, 2.05) is 45.0 Å². The van der Waals surface area contributed by atoms with Crippen molar-refractivity contribution < 1.29 is 14.3 Å². The smallest absolute Gasteiger partial charge is 0.260 e. The van der Waals surface area contributed by atoms with Crippen LogP contribution in [-0.2, 0) is 11.2 Å². The predicted octanol–water partition coefficient (Wildman–Crippen LogP) is 4.87. The molecular weight excluding hydrogens is 362 g/mol. The second kappa shape index (κ2) is 10.2. The van der Waals surface area contributed by atoms with Gasteiger partial charge < -0.3 is 14.8 Å². The molecule has 2 aromatic carbocycles. The Kier molecular flexibility index (Phi) is 7.99. The summed E-state index contributed by atoms with van der Waals surface area (Å²) in [7, 11) is 0. The second-order valence-corrected chi connectivity index (χ2v) is 6.98. The van der Waals surface area contributed by atoms with Gasteiger partial charge in [0.2, 0.25) is 0 Å². The minimum Gasteiger partial charge on any atom is -0.494 e. The van der Waals surface area contributed by atoms with E-state index in [9.17, 15) is 4.79 Å². The topological polar surface area (TPSA) is 47.6 Å². The molecule has 0 unspecified atom stereocenters. The molecule has 0 saturated carbocycles. The summed E-state index contributed by atoms with van der Waals surface area (Å²) in [6.07, 6.45) is 1.21. The Morgan fingerprint density at radius 1 is 1.11 bits per heavy atom. The Morgan fingerprint density at radius 3 is 2.33 bits per heavy atom. The molecule has 0 bridgehead atoms. The normalized spacial score (nSPS) is 11.7. The maximum atomic E-state index is 12.2. The molecule has 2 aromatic rings. The van der Waals surface area contributed by atoms with Crippen molar-refractivity contribution >= 4 is 17.5 Å². The Balaban J connectivity index is 1.75. The summed E-state index contributed by atoms with van der Waals surface area (Å²) in [6.45, 7) is 8.85. The summed E-state index contributed by atoms with van der Waals surface area (Å²) >= 11 is 6.17. The molecule has 0 spiro atoms. The Hall–Kier alpha value is -2.20. The van der Waals surface area contributed by atoms with Gasteiger partial charge in [0.25, 0.3) is 5.91 Å². The van der Waals surface area contributed by atoms with Gasteiger partial charge in [-0.25, -0.2) is 0 Å². The number of hydrogen-bond acceptors (Lipinski definition) is 3. The van der Waals surface area contributed by atoms with E-state index in [0.29, 0.717) is 18.9 Å². The molecule has 146 valence electrons. The van der Waals surface area contributed by atoms with Crippen LogP contribution in [0.25, 0.3) is 0 Å². The Bertz CT molecular complexity index is 736. The molecule has 2 rings (SSSR count). The third-order valence-corrected chi connectivity index (χ3v) is 4.86. The summed E-state index contributed by atoms with van der Waals surface area (Å²) in [5, 5.41) is 3.66. The fourth-order valence-corrected chi connectivity index (χ4v) is 2.91. The first kappa shape index (κ1) is 21.1. The van der Waals surface area contributed by atoms with Gasteiger partial charge in [-0.2, -0.15) is 0 Å². The van der Waals surface area contributed by atoms with Gasteiger partial charge in [0, 0.05) is 11.6 Å². The summed E-state index contributed by atoms with van der Waals surface area (Å²) < 4.78 is 11.2. The van der Waals surface area contributed by atoms with Crippen molar-refractivity contribution in [2.75, 3.05) is 13.2 Å². The number of halogens is 1. The van der Waals surface area contributed by atoms with Crippen LogP contribution in [0.15, 0.2) is 36.4 Å². The van der Waals surface area contributed by atoms with E-state index in [0.717, 1.165) is 34.7 Å². The number of amides is 1. The van der Waals surface area contributed by atoms with E-state index in [4.69, 9.17) is 21.1 Å². The number of benzene rings is 2. The molecule has 5 heteroatoms. The summed E-state index contributed by atoms with van der Waals surface area (Å²) in [6, 6.07) is 11.8. The zero-order valence-electron chi connectivity index (χ0n) is 16.5. The van der Waals surface area contributed by atoms with Gasteiger partial charge in [-0.15, -0.1) is 0 Å². The highest BCUT2D eigenvalue weighted by molar-refractivity contribution is 6.32. The molecule has 0 fully saturated rings. The summed E-state index contributed by atoms with van der Waals surface area (Å²) in [5.41, 5.74) is 3.10. The largest absolute Gasteiger partial charge is 0.494 e. The van der Waals surface area contributed by atoms with Crippen molar-refractivity contribution in [3.05, 3.63) is 58.1 Å². The van der Waals surface area contributed by atoms with Crippen molar-refractivity contribution in [2.45, 2.75) is 46.6 Å². The Labute approximate surface area is 166 Å². The molecular formula is C22H28ClNO3. The monoisotopic (exact) mass is 389 g/mol. The zero-order valence-corrected chi connectivity index (χ0v) is 17.2. The van der Waals surface area contributed by atoms with E-state index in [2.05, 4.69) is 17.4 Å². The molecule has 1 atom stereocenters. The number of carbonyl (C=O) groups excluding carboxylic acids is 1. The van der Waals surface area contributed by atoms with Crippen LogP contribution >= 0.6 is 11.6 Å². The van der Waals surface area contributed by atoms with Gasteiger partial charge in [-0.05, 0) is 81.5 Å². The van der Waals surface area contributed by atoms with Crippen molar-refractivity contribution in [1.82, 2.24) is 5.32 Å². The summed E-state index contributed by atoms with van der Waals surface area (Å²) in [5.74, 6) is 1.42. The number of nitrogens with one attached hydrogen (secondary N) is 1. The molecule has 1 N–H and O–H groups in total. The molecule has 27 heavy (non-hydrogen) atoms. The van der Waals surface area contributed by atoms with Crippen molar-refractivity contribution in [2.24, 2.45) is 0 Å². The first-order chi connectivity index (χ1) is 12.9. The van der Waals surface area contributed by atoms with Crippen LogP contribution < -0.4 is 14.8 Å². The quantitative estimate of drug-likeness (QED) is 0.622. The lowest BCUT2D eigenvalue weighted by molar-refractivity contribution is -0.127. The van der Waals surface area contributed by atoms with Crippen LogP contribution in [0, 0.1) is 13.8 Å². The molecule has 1 amide bonds. The molecule has 0 radical (unpaired) electrons. The number of rotatable bonds is 9. The lowest BCUT2D eigenvalue weighted by atomic mass is 10.1. The highest BCUT2D eigenvalue weighted by atomic mass is 35.5. The molecule has 0 aromatic heterocycles. The molecule has 0 aliphatic carbocycles. The standard InChI is InChI=1S/C22H28ClNO3/c1-5-26-19-10-8-18(9-11-19)7-6-12-24-22(25)17(4)27-20-13-15(2)21(23)16(3)14-20/h8-11,13-14,17H,5-7,12H2,1-4H3,(H,24,25)/t17-/m0/s1. The molecule has 0 aliphatic heterocycles. The van der Waals surface area contributed by atoms with E-state index >= 15 is 0 Å². The van der Waals surface area contributed by atoms with E-state index < -0.39 is 6.10 Å². The lowest BCUT2D eigenvalue weighted by Gasteiger charge is -2.16. The van der Waals surface area contributed by atoms with Crippen molar-refractivity contribution in [1.29, 1.82) is 0 Å². The first-order valence-corrected chi connectivity index (χ1v) is 9.71. The molecule has 0 heterocycles. The highest BCUT2D eigenvalue weighted by Crippen LogP contribution is 2.26. The highest BCUT2D eigenvalue weighted by Gasteiger charge is 2.15. The maximum absolute atomic E-state index is 12.2. The van der Waals surface area contributed by atoms with Crippen LogP contribution in [-0.4, -0.2) is 25.2 Å². The third kappa shape index (κ3) is 6.47. The van der Waals surface area contributed by atoms with Crippen molar-refractivity contribution in [3.63, 3.8) is 0 Å². The number of ether oxygens (including phenoxy) is 2. The lowest BCUT2D eigenvalue weighted by Crippen LogP contribution is -2.37. The average Bonchev–Trinajstić information content (AvgIpc) is 2.64. The second-order valence-electron chi connectivity index (χ2n) is 6.60. The maximum Gasteiger partial charge on any atom is 0.260 e. The average molecular weight is 390 g/mol. The molecule has 0 aliphatic rings. The van der Waals surface area contributed by atoms with Gasteiger partial charge in [-0.1, -0.05) is 23.7 Å². The van der Waals surface area contributed by atoms with E-state index in [1.54, 1.807) is 6.92 Å².